The largest absolute Gasteiger partial charge is 0.371 e. The summed E-state index contributed by atoms with van der Waals surface area (Å²) in [5, 5.41) is 7.69. The van der Waals surface area contributed by atoms with Crippen LogP contribution in [0.3, 0.4) is 0 Å². The maximum atomic E-state index is 4.51. The second kappa shape index (κ2) is 3.22. The molecule has 0 unspecified atom stereocenters. The Hall–Kier alpha value is -1.58. The second-order valence-corrected chi connectivity index (χ2v) is 3.96. The van der Waals surface area contributed by atoms with Gasteiger partial charge in [-0.2, -0.15) is 0 Å². The first-order valence-electron chi connectivity index (χ1n) is 5.43. The van der Waals surface area contributed by atoms with Crippen LogP contribution in [0, 0.1) is 0 Å². The lowest BCUT2D eigenvalue weighted by atomic mass is 9.93. The van der Waals surface area contributed by atoms with Crippen LogP contribution in [0.4, 0.5) is 5.82 Å². The second-order valence-electron chi connectivity index (χ2n) is 3.96. The number of rotatable bonds is 1. The molecule has 1 aliphatic carbocycles. The maximum absolute atomic E-state index is 4.51. The molecule has 0 atom stereocenters. The molecule has 0 saturated heterocycles. The smallest absolute Gasteiger partial charge is 0.157 e. The van der Waals surface area contributed by atoms with Crippen LogP contribution in [0.25, 0.3) is 5.65 Å². The molecule has 4 heteroatoms. The van der Waals surface area contributed by atoms with Gasteiger partial charge < -0.3 is 5.32 Å². The number of nitrogens with one attached hydrogen (secondary N) is 1. The molecular formula is C11H14N4. The Kier molecular flexibility index (Phi) is 1.87. The van der Waals surface area contributed by atoms with Gasteiger partial charge in [-0.25, -0.2) is 9.50 Å². The number of nitrogens with zero attached hydrogens (tertiary/aromatic N) is 3. The minimum atomic E-state index is 1.01. The Morgan fingerprint density at radius 1 is 1.27 bits per heavy atom. The van der Waals surface area contributed by atoms with Gasteiger partial charge in [-0.3, -0.25) is 0 Å². The highest BCUT2D eigenvalue weighted by Crippen LogP contribution is 2.28. The van der Waals surface area contributed by atoms with Gasteiger partial charge in [0.2, 0.25) is 0 Å². The Labute approximate surface area is 88.3 Å². The summed E-state index contributed by atoms with van der Waals surface area (Å²) in [5.74, 6) is 1.01. The van der Waals surface area contributed by atoms with E-state index in [1.54, 1.807) is 0 Å². The Balaban J connectivity index is 2.34. The molecule has 15 heavy (non-hydrogen) atoms. The van der Waals surface area contributed by atoms with Crippen molar-refractivity contribution in [2.45, 2.75) is 25.7 Å². The molecule has 3 rings (SSSR count). The highest BCUT2D eigenvalue weighted by Gasteiger charge is 2.18. The summed E-state index contributed by atoms with van der Waals surface area (Å²) in [7, 11) is 1.93. The first kappa shape index (κ1) is 8.71. The van der Waals surface area contributed by atoms with Crippen LogP contribution in [-0.4, -0.2) is 21.6 Å². The van der Waals surface area contributed by atoms with E-state index in [-0.39, 0.29) is 0 Å². The van der Waals surface area contributed by atoms with Crippen molar-refractivity contribution in [1.29, 1.82) is 0 Å². The van der Waals surface area contributed by atoms with Crippen LogP contribution >= 0.6 is 0 Å². The third-order valence-electron chi connectivity index (χ3n) is 3.09. The van der Waals surface area contributed by atoms with E-state index in [0.29, 0.717) is 0 Å². The van der Waals surface area contributed by atoms with Crippen molar-refractivity contribution < 1.29 is 0 Å². The fourth-order valence-corrected chi connectivity index (χ4v) is 2.38. The molecule has 0 fully saturated rings. The Bertz CT molecular complexity index is 501. The third-order valence-corrected chi connectivity index (χ3v) is 3.09. The summed E-state index contributed by atoms with van der Waals surface area (Å²) in [6.45, 7) is 0. The topological polar surface area (TPSA) is 42.2 Å². The fraction of sp³-hybridized carbons (Fsp3) is 0.455. The maximum Gasteiger partial charge on any atom is 0.157 e. The molecule has 4 nitrogen and oxygen atoms in total. The van der Waals surface area contributed by atoms with Gasteiger partial charge >= 0.3 is 0 Å². The van der Waals surface area contributed by atoms with Crippen LogP contribution in [0.1, 0.15) is 24.0 Å². The van der Waals surface area contributed by atoms with Gasteiger partial charge in [-0.05, 0) is 25.7 Å². The molecule has 0 amide bonds. The van der Waals surface area contributed by atoms with E-state index in [4.69, 9.17) is 0 Å². The Morgan fingerprint density at radius 2 is 2.07 bits per heavy atom. The number of aromatic nitrogens is 3. The SMILES string of the molecule is CNc1nn2ccnc2c2c1CCCC2. The molecule has 0 aromatic carbocycles. The van der Waals surface area contributed by atoms with Gasteiger partial charge in [0.1, 0.15) is 5.82 Å². The number of hydrogen-bond donors (Lipinski definition) is 1. The number of aryl methyl sites for hydroxylation is 1. The highest BCUT2D eigenvalue weighted by atomic mass is 15.3. The van der Waals surface area contributed by atoms with Crippen LogP contribution in [-0.2, 0) is 12.8 Å². The van der Waals surface area contributed by atoms with Crippen molar-refractivity contribution in [3.8, 4) is 0 Å². The van der Waals surface area contributed by atoms with Gasteiger partial charge in [0.25, 0.3) is 0 Å². The molecule has 0 aliphatic heterocycles. The van der Waals surface area contributed by atoms with E-state index in [1.165, 1.54) is 24.0 Å². The van der Waals surface area contributed by atoms with Crippen molar-refractivity contribution in [3.63, 3.8) is 0 Å². The molecule has 2 aromatic heterocycles. The minimum Gasteiger partial charge on any atom is -0.371 e. The average molecular weight is 202 g/mol. The van der Waals surface area contributed by atoms with Crippen LogP contribution in [0.5, 0.6) is 0 Å². The summed E-state index contributed by atoms with van der Waals surface area (Å²) < 4.78 is 1.87. The quantitative estimate of drug-likeness (QED) is 0.764. The van der Waals surface area contributed by atoms with Gasteiger partial charge in [0.05, 0.1) is 0 Å². The third kappa shape index (κ3) is 1.21. The van der Waals surface area contributed by atoms with Gasteiger partial charge in [0.15, 0.2) is 5.65 Å². The molecule has 78 valence electrons. The molecule has 0 radical (unpaired) electrons. The van der Waals surface area contributed by atoms with Gasteiger partial charge in [-0.1, -0.05) is 0 Å². The zero-order valence-electron chi connectivity index (χ0n) is 8.82. The lowest BCUT2D eigenvalue weighted by molar-refractivity contribution is 0.677. The van der Waals surface area contributed by atoms with Crippen LogP contribution in [0.15, 0.2) is 12.4 Å². The summed E-state index contributed by atoms with van der Waals surface area (Å²) in [6, 6.07) is 0. The number of anilines is 1. The van der Waals surface area contributed by atoms with E-state index in [9.17, 15) is 0 Å². The molecule has 1 aliphatic rings. The predicted octanol–water partition coefficient (Wildman–Crippen LogP) is 1.65. The van der Waals surface area contributed by atoms with Crippen LogP contribution < -0.4 is 5.32 Å². The molecule has 2 heterocycles. The standard InChI is InChI=1S/C11H14N4/c1-12-10-8-4-2-3-5-9(8)11-13-6-7-15(11)14-10/h6-7H,2-5H2,1H3,(H,12,14). The van der Waals surface area contributed by atoms with Crippen molar-refractivity contribution in [3.05, 3.63) is 23.5 Å². The fourth-order valence-electron chi connectivity index (χ4n) is 2.38. The monoisotopic (exact) mass is 202 g/mol. The minimum absolute atomic E-state index is 1.01. The van der Waals surface area contributed by atoms with E-state index in [1.807, 2.05) is 24.0 Å². The summed E-state index contributed by atoms with van der Waals surface area (Å²) >= 11 is 0. The van der Waals surface area contributed by atoms with E-state index in [0.717, 1.165) is 24.3 Å². The summed E-state index contributed by atoms with van der Waals surface area (Å²) in [5.41, 5.74) is 3.77. The first-order valence-corrected chi connectivity index (χ1v) is 5.43. The number of hydrogen-bond acceptors (Lipinski definition) is 3. The highest BCUT2D eigenvalue weighted by molar-refractivity contribution is 5.60. The molecule has 2 aromatic rings. The zero-order chi connectivity index (χ0) is 10.3. The van der Waals surface area contributed by atoms with Crippen molar-refractivity contribution in [2.75, 3.05) is 12.4 Å². The molecule has 0 spiro atoms. The number of imidazole rings is 1. The van der Waals surface area contributed by atoms with E-state index in [2.05, 4.69) is 15.4 Å². The lowest BCUT2D eigenvalue weighted by Crippen LogP contribution is -2.12. The van der Waals surface area contributed by atoms with E-state index >= 15 is 0 Å². The predicted molar refractivity (Wildman–Crippen MR) is 59.2 cm³/mol. The Morgan fingerprint density at radius 3 is 2.87 bits per heavy atom. The van der Waals surface area contributed by atoms with Crippen molar-refractivity contribution >= 4 is 11.5 Å². The van der Waals surface area contributed by atoms with Gasteiger partial charge in [0, 0.05) is 30.6 Å². The normalized spacial score (nSPS) is 15.3. The first-order chi connectivity index (χ1) is 7.40. The molecular weight excluding hydrogens is 188 g/mol. The van der Waals surface area contributed by atoms with Crippen LogP contribution in [0.2, 0.25) is 0 Å². The summed E-state index contributed by atoms with van der Waals surface area (Å²) in [6.07, 6.45) is 8.51. The number of fused-ring (bicyclic) bond motifs is 3. The average Bonchev–Trinajstić information content (AvgIpc) is 2.76. The molecule has 1 N–H and O–H groups in total. The van der Waals surface area contributed by atoms with Gasteiger partial charge in [-0.15, -0.1) is 5.10 Å². The lowest BCUT2D eigenvalue weighted by Gasteiger charge is -2.18. The van der Waals surface area contributed by atoms with Crippen molar-refractivity contribution in [2.24, 2.45) is 0 Å². The summed E-state index contributed by atoms with van der Waals surface area (Å²) in [4.78, 5) is 4.38. The zero-order valence-corrected chi connectivity index (χ0v) is 8.82. The molecule has 0 saturated carbocycles. The van der Waals surface area contributed by atoms with Crippen molar-refractivity contribution in [1.82, 2.24) is 14.6 Å². The van der Waals surface area contributed by atoms with E-state index < -0.39 is 0 Å². The molecule has 0 bridgehead atoms.